The maximum Gasteiger partial charge on any atom is 0.125 e. The first-order chi connectivity index (χ1) is 10.1. The van der Waals surface area contributed by atoms with Gasteiger partial charge in [-0.2, -0.15) is 0 Å². The molecule has 3 heteroatoms. The van der Waals surface area contributed by atoms with Gasteiger partial charge in [-0.25, -0.2) is 0 Å². The Labute approximate surface area is 131 Å². The number of nitrogens with one attached hydrogen (secondary N) is 1. The Morgan fingerprint density at radius 1 is 1.05 bits per heavy atom. The zero-order chi connectivity index (χ0) is 14.8. The highest BCUT2D eigenvalue weighted by Crippen LogP contribution is 2.28. The lowest BCUT2D eigenvalue weighted by Gasteiger charge is -2.13. The summed E-state index contributed by atoms with van der Waals surface area (Å²) < 4.78 is 6.08. The van der Waals surface area contributed by atoms with Crippen molar-refractivity contribution in [2.75, 3.05) is 0 Å². The van der Waals surface area contributed by atoms with E-state index in [1.165, 1.54) is 39.3 Å². The van der Waals surface area contributed by atoms with Crippen LogP contribution in [0.5, 0.6) is 5.75 Å². The van der Waals surface area contributed by atoms with Crippen molar-refractivity contribution in [1.29, 1.82) is 0 Å². The summed E-state index contributed by atoms with van der Waals surface area (Å²) in [5.41, 5.74) is 3.75. The topological polar surface area (TPSA) is 21.3 Å². The second-order valence-corrected chi connectivity index (χ2v) is 7.22. The molecule has 0 aliphatic heterocycles. The van der Waals surface area contributed by atoms with Crippen LogP contribution >= 0.6 is 11.3 Å². The van der Waals surface area contributed by atoms with E-state index < -0.39 is 0 Å². The van der Waals surface area contributed by atoms with Crippen LogP contribution in [0.1, 0.15) is 39.3 Å². The molecule has 0 unspecified atom stereocenters. The first-order valence-corrected chi connectivity index (χ1v) is 8.45. The molecule has 3 rings (SSSR count). The molecule has 1 saturated carbocycles. The Bertz CT molecular complexity index is 628. The first kappa shape index (κ1) is 14.6. The summed E-state index contributed by atoms with van der Waals surface area (Å²) in [6.45, 7) is 8.05. The Kier molecular flexibility index (Phi) is 4.32. The first-order valence-electron chi connectivity index (χ1n) is 7.64. The highest BCUT2D eigenvalue weighted by atomic mass is 32.1. The molecule has 112 valence electrons. The molecule has 0 bridgehead atoms. The second kappa shape index (κ2) is 6.20. The molecule has 0 amide bonds. The molecule has 2 aromatic rings. The molecule has 1 heterocycles. The van der Waals surface area contributed by atoms with E-state index in [0.717, 1.165) is 18.3 Å². The van der Waals surface area contributed by atoms with E-state index in [1.54, 1.807) is 0 Å². The molecule has 0 spiro atoms. The van der Waals surface area contributed by atoms with Gasteiger partial charge in [0.1, 0.15) is 12.4 Å². The minimum atomic E-state index is 0.666. The predicted octanol–water partition coefficient (Wildman–Crippen LogP) is 4.50. The summed E-state index contributed by atoms with van der Waals surface area (Å²) in [6.07, 6.45) is 2.68. The van der Waals surface area contributed by atoms with Crippen LogP contribution in [0.4, 0.5) is 0 Å². The monoisotopic (exact) mass is 301 g/mol. The Hall–Kier alpha value is -1.32. The van der Waals surface area contributed by atoms with Gasteiger partial charge in [0, 0.05) is 22.3 Å². The fraction of sp³-hybridized carbons (Fsp3) is 0.444. The molecule has 0 radical (unpaired) electrons. The molecule has 0 saturated heterocycles. The van der Waals surface area contributed by atoms with Gasteiger partial charge in [-0.3, -0.25) is 0 Å². The fourth-order valence-electron chi connectivity index (χ4n) is 2.42. The Morgan fingerprint density at radius 2 is 1.76 bits per heavy atom. The summed E-state index contributed by atoms with van der Waals surface area (Å²) in [5, 5.41) is 3.56. The van der Waals surface area contributed by atoms with Crippen molar-refractivity contribution in [1.82, 2.24) is 5.32 Å². The van der Waals surface area contributed by atoms with E-state index in [-0.39, 0.29) is 0 Å². The summed E-state index contributed by atoms with van der Waals surface area (Å²) in [4.78, 5) is 2.70. The standard InChI is InChI=1S/C18H23NOS/c1-12-4-5-13(2)18(14(12)3)20-11-17-9-8-16(21-17)10-19-15-6-7-15/h4-5,8-9,15,19H,6-7,10-11H2,1-3H3. The Balaban J connectivity index is 1.60. The van der Waals surface area contributed by atoms with Gasteiger partial charge < -0.3 is 10.1 Å². The molecule has 1 fully saturated rings. The van der Waals surface area contributed by atoms with Crippen LogP contribution in [0.25, 0.3) is 0 Å². The van der Waals surface area contributed by atoms with Gasteiger partial charge in [-0.05, 0) is 62.4 Å². The molecule has 2 nitrogen and oxygen atoms in total. The van der Waals surface area contributed by atoms with Gasteiger partial charge in [0.05, 0.1) is 0 Å². The highest BCUT2D eigenvalue weighted by molar-refractivity contribution is 7.11. The maximum atomic E-state index is 6.08. The van der Waals surface area contributed by atoms with E-state index in [2.05, 4.69) is 50.4 Å². The van der Waals surface area contributed by atoms with Gasteiger partial charge in [0.25, 0.3) is 0 Å². The van der Waals surface area contributed by atoms with Crippen LogP contribution < -0.4 is 10.1 Å². The minimum absolute atomic E-state index is 0.666. The SMILES string of the molecule is Cc1ccc(C)c(OCc2ccc(CNC3CC3)s2)c1C. The predicted molar refractivity (Wildman–Crippen MR) is 89.2 cm³/mol. The molecule has 1 N–H and O–H groups in total. The van der Waals surface area contributed by atoms with E-state index in [4.69, 9.17) is 4.74 Å². The lowest BCUT2D eigenvalue weighted by Crippen LogP contribution is -2.14. The number of ether oxygens (including phenoxy) is 1. The molecular weight excluding hydrogens is 278 g/mol. The van der Waals surface area contributed by atoms with Gasteiger partial charge in [0.15, 0.2) is 0 Å². The van der Waals surface area contributed by atoms with Gasteiger partial charge in [-0.15, -0.1) is 11.3 Å². The third-order valence-corrected chi connectivity index (χ3v) is 5.15. The van der Waals surface area contributed by atoms with Crippen LogP contribution in [0.15, 0.2) is 24.3 Å². The molecule has 1 aliphatic rings. The van der Waals surface area contributed by atoms with Crippen molar-refractivity contribution in [3.63, 3.8) is 0 Å². The third kappa shape index (κ3) is 3.66. The summed E-state index contributed by atoms with van der Waals surface area (Å²) >= 11 is 1.85. The zero-order valence-corrected chi connectivity index (χ0v) is 13.8. The molecule has 1 aromatic carbocycles. The molecule has 1 aliphatic carbocycles. The smallest absolute Gasteiger partial charge is 0.125 e. The van der Waals surface area contributed by atoms with Crippen molar-refractivity contribution in [3.05, 3.63) is 50.7 Å². The van der Waals surface area contributed by atoms with E-state index in [1.807, 2.05) is 11.3 Å². The number of hydrogen-bond acceptors (Lipinski definition) is 3. The van der Waals surface area contributed by atoms with E-state index >= 15 is 0 Å². The highest BCUT2D eigenvalue weighted by Gasteiger charge is 2.20. The molecule has 1 aromatic heterocycles. The van der Waals surface area contributed by atoms with Crippen LogP contribution in [0.3, 0.4) is 0 Å². The quantitative estimate of drug-likeness (QED) is 0.848. The molecule has 0 atom stereocenters. The van der Waals surface area contributed by atoms with Gasteiger partial charge in [-0.1, -0.05) is 12.1 Å². The second-order valence-electron chi connectivity index (χ2n) is 5.97. The van der Waals surface area contributed by atoms with Crippen LogP contribution in [-0.2, 0) is 13.2 Å². The van der Waals surface area contributed by atoms with Crippen LogP contribution in [0, 0.1) is 20.8 Å². The fourth-order valence-corrected chi connectivity index (χ4v) is 3.30. The van der Waals surface area contributed by atoms with Gasteiger partial charge >= 0.3 is 0 Å². The van der Waals surface area contributed by atoms with Gasteiger partial charge in [0.2, 0.25) is 0 Å². The average Bonchev–Trinajstić information content (AvgIpc) is 3.20. The largest absolute Gasteiger partial charge is 0.488 e. The average molecular weight is 301 g/mol. The van der Waals surface area contributed by atoms with Crippen molar-refractivity contribution in [3.8, 4) is 5.75 Å². The number of benzene rings is 1. The van der Waals surface area contributed by atoms with Crippen molar-refractivity contribution in [2.45, 2.75) is 52.8 Å². The molecule has 21 heavy (non-hydrogen) atoms. The normalized spacial score (nSPS) is 14.4. The van der Waals surface area contributed by atoms with Crippen molar-refractivity contribution >= 4 is 11.3 Å². The minimum Gasteiger partial charge on any atom is -0.488 e. The summed E-state index contributed by atoms with van der Waals surface area (Å²) in [6, 6.07) is 9.47. The number of hydrogen-bond donors (Lipinski definition) is 1. The molecular formula is C18H23NOS. The lowest BCUT2D eigenvalue weighted by atomic mass is 10.1. The Morgan fingerprint density at radius 3 is 2.52 bits per heavy atom. The van der Waals surface area contributed by atoms with Crippen molar-refractivity contribution < 1.29 is 4.74 Å². The number of rotatable bonds is 6. The van der Waals surface area contributed by atoms with E-state index in [9.17, 15) is 0 Å². The lowest BCUT2D eigenvalue weighted by molar-refractivity contribution is 0.305. The van der Waals surface area contributed by atoms with E-state index in [0.29, 0.717) is 6.61 Å². The number of aryl methyl sites for hydroxylation is 2. The third-order valence-electron chi connectivity index (χ3n) is 4.09. The van der Waals surface area contributed by atoms with Crippen LogP contribution in [0.2, 0.25) is 0 Å². The summed E-state index contributed by atoms with van der Waals surface area (Å²) in [7, 11) is 0. The maximum absolute atomic E-state index is 6.08. The number of thiophene rings is 1. The zero-order valence-electron chi connectivity index (χ0n) is 13.0. The van der Waals surface area contributed by atoms with Crippen LogP contribution in [-0.4, -0.2) is 6.04 Å². The summed E-state index contributed by atoms with van der Waals surface area (Å²) in [5.74, 6) is 1.04. The van der Waals surface area contributed by atoms with Crippen molar-refractivity contribution in [2.24, 2.45) is 0 Å².